The number of benzene rings is 1. The van der Waals surface area contributed by atoms with Gasteiger partial charge in [0.1, 0.15) is 5.60 Å². The van der Waals surface area contributed by atoms with Gasteiger partial charge in [0.25, 0.3) is 0 Å². The minimum atomic E-state index is -0.842. The lowest BCUT2D eigenvalue weighted by atomic mass is 10.1. The first-order valence-electron chi connectivity index (χ1n) is 10.6. The Bertz CT molecular complexity index is 805. The molecule has 0 aliphatic rings. The Balaban J connectivity index is 2.40. The van der Waals surface area contributed by atoms with Crippen LogP contribution in [0.5, 0.6) is 0 Å². The minimum Gasteiger partial charge on any atom is -0.458 e. The second kappa shape index (κ2) is 10.7. The average Bonchev–Trinajstić information content (AvgIpc) is 3.12. The first-order valence-corrected chi connectivity index (χ1v) is 10.6. The van der Waals surface area contributed by atoms with Gasteiger partial charge in [-0.25, -0.2) is 4.79 Å². The normalized spacial score (nSPS) is 12.9. The van der Waals surface area contributed by atoms with Crippen LogP contribution in [0.4, 0.5) is 0 Å². The highest BCUT2D eigenvalue weighted by molar-refractivity contribution is 5.77. The van der Waals surface area contributed by atoms with E-state index in [2.05, 4.69) is 18.7 Å². The van der Waals surface area contributed by atoms with Crippen LogP contribution in [-0.2, 0) is 27.4 Å². The van der Waals surface area contributed by atoms with Gasteiger partial charge in [-0.2, -0.15) is 5.10 Å². The molecule has 30 heavy (non-hydrogen) atoms. The number of esters is 1. The number of hydrogen-bond donors (Lipinski definition) is 1. The lowest BCUT2D eigenvalue weighted by Crippen LogP contribution is -2.31. The summed E-state index contributed by atoms with van der Waals surface area (Å²) in [7, 11) is 1.52. The minimum absolute atomic E-state index is 0.418. The van der Waals surface area contributed by atoms with Crippen molar-refractivity contribution in [2.75, 3.05) is 26.7 Å². The zero-order valence-corrected chi connectivity index (χ0v) is 19.1. The van der Waals surface area contributed by atoms with Crippen LogP contribution in [0.1, 0.15) is 52.0 Å². The van der Waals surface area contributed by atoms with Gasteiger partial charge in [-0.3, -0.25) is 4.68 Å². The second-order valence-corrected chi connectivity index (χ2v) is 8.25. The molecular weight excluding hydrogens is 380 g/mol. The zero-order valence-electron chi connectivity index (χ0n) is 19.1. The highest BCUT2D eigenvalue weighted by Gasteiger charge is 2.30. The summed E-state index contributed by atoms with van der Waals surface area (Å²) in [6, 6.07) is 9.89. The summed E-state index contributed by atoms with van der Waals surface area (Å²) in [5.41, 5.74) is 8.62. The monoisotopic (exact) mass is 416 g/mol. The maximum atomic E-state index is 12.8. The van der Waals surface area contributed by atoms with Gasteiger partial charge < -0.3 is 20.1 Å². The van der Waals surface area contributed by atoms with E-state index in [1.165, 1.54) is 7.11 Å². The van der Waals surface area contributed by atoms with E-state index in [1.807, 2.05) is 55.8 Å². The number of aromatic nitrogens is 2. The van der Waals surface area contributed by atoms with Gasteiger partial charge in [-0.05, 0) is 45.5 Å². The predicted octanol–water partition coefficient (Wildman–Crippen LogP) is 3.38. The van der Waals surface area contributed by atoms with Gasteiger partial charge in [0, 0.05) is 25.8 Å². The van der Waals surface area contributed by atoms with Gasteiger partial charge in [-0.15, -0.1) is 0 Å². The molecule has 7 nitrogen and oxygen atoms in total. The lowest BCUT2D eigenvalue weighted by Gasteiger charge is -2.24. The number of nitrogens with two attached hydrogens (primary N) is 1. The zero-order chi connectivity index (χ0) is 22.3. The third-order valence-corrected chi connectivity index (χ3v) is 4.94. The van der Waals surface area contributed by atoms with Crippen LogP contribution < -0.4 is 5.73 Å². The largest absolute Gasteiger partial charge is 0.458 e. The van der Waals surface area contributed by atoms with Crippen molar-refractivity contribution in [1.29, 1.82) is 0 Å². The van der Waals surface area contributed by atoms with Gasteiger partial charge >= 0.3 is 5.97 Å². The van der Waals surface area contributed by atoms with E-state index >= 15 is 0 Å². The van der Waals surface area contributed by atoms with E-state index < -0.39 is 17.7 Å². The van der Waals surface area contributed by atoms with Crippen LogP contribution >= 0.6 is 0 Å². The molecule has 0 spiro atoms. The molecule has 1 atom stereocenters. The van der Waals surface area contributed by atoms with E-state index in [0.717, 1.165) is 36.5 Å². The van der Waals surface area contributed by atoms with Crippen molar-refractivity contribution < 1.29 is 14.3 Å². The Morgan fingerprint density at radius 3 is 2.33 bits per heavy atom. The smallest absolute Gasteiger partial charge is 0.342 e. The molecule has 0 radical (unpaired) electrons. The van der Waals surface area contributed by atoms with Crippen LogP contribution in [0.15, 0.2) is 30.3 Å². The van der Waals surface area contributed by atoms with Crippen LogP contribution in [0.25, 0.3) is 11.3 Å². The highest BCUT2D eigenvalue weighted by Crippen LogP contribution is 2.27. The van der Waals surface area contributed by atoms with Crippen molar-refractivity contribution in [3.8, 4) is 11.3 Å². The van der Waals surface area contributed by atoms with E-state index in [1.54, 1.807) is 0 Å². The molecule has 0 aliphatic carbocycles. The molecule has 0 bridgehead atoms. The summed E-state index contributed by atoms with van der Waals surface area (Å²) in [6.45, 7) is 13.7. The molecule has 0 amide bonds. The fraction of sp³-hybridized carbons (Fsp3) is 0.565. The maximum absolute atomic E-state index is 12.8. The number of carbonyl (C=O) groups excluding carboxylic acids is 1. The molecule has 2 N–H and O–H groups in total. The van der Waals surface area contributed by atoms with Crippen molar-refractivity contribution >= 4 is 5.97 Å². The molecule has 166 valence electrons. The molecule has 0 fully saturated rings. The number of methoxy groups -OCH3 is 1. The Kier molecular flexibility index (Phi) is 8.58. The maximum Gasteiger partial charge on any atom is 0.342 e. The molecule has 7 heteroatoms. The SMILES string of the molecule is CCN(CC)CCn1nc(-c2ccc(CN)cc2)cc1C(OC)C(=O)OC(C)(C)C. The number of rotatable bonds is 10. The van der Waals surface area contributed by atoms with Gasteiger partial charge in [-0.1, -0.05) is 38.1 Å². The molecular formula is C23H36N4O3. The summed E-state index contributed by atoms with van der Waals surface area (Å²) in [4.78, 5) is 15.1. The number of nitrogens with zero attached hydrogens (tertiary/aromatic N) is 3. The van der Waals surface area contributed by atoms with Crippen LogP contribution in [0, 0.1) is 0 Å². The summed E-state index contributed by atoms with van der Waals surface area (Å²) < 4.78 is 13.0. The highest BCUT2D eigenvalue weighted by atomic mass is 16.6. The van der Waals surface area contributed by atoms with Crippen molar-refractivity contribution in [1.82, 2.24) is 14.7 Å². The topological polar surface area (TPSA) is 82.6 Å². The summed E-state index contributed by atoms with van der Waals surface area (Å²) >= 11 is 0. The van der Waals surface area contributed by atoms with E-state index in [9.17, 15) is 4.79 Å². The Labute approximate surface area is 180 Å². The van der Waals surface area contributed by atoms with E-state index in [4.69, 9.17) is 20.3 Å². The number of carbonyl (C=O) groups is 1. The molecule has 1 heterocycles. The number of hydrogen-bond acceptors (Lipinski definition) is 6. The lowest BCUT2D eigenvalue weighted by molar-refractivity contribution is -0.167. The summed E-state index contributed by atoms with van der Waals surface area (Å²) in [5.74, 6) is -0.418. The summed E-state index contributed by atoms with van der Waals surface area (Å²) in [6.07, 6.45) is -0.842. The number of likely N-dealkylation sites (N-methyl/N-ethyl adjacent to an activating group) is 1. The molecule has 0 saturated heterocycles. The Hall–Kier alpha value is -2.22. The van der Waals surface area contributed by atoms with Gasteiger partial charge in [0.15, 0.2) is 6.10 Å². The summed E-state index contributed by atoms with van der Waals surface area (Å²) in [5, 5.41) is 4.80. The van der Waals surface area contributed by atoms with Crippen molar-refractivity contribution in [2.45, 2.75) is 59.4 Å². The predicted molar refractivity (Wildman–Crippen MR) is 119 cm³/mol. The van der Waals surface area contributed by atoms with E-state index in [-0.39, 0.29) is 0 Å². The fourth-order valence-corrected chi connectivity index (χ4v) is 3.24. The third kappa shape index (κ3) is 6.39. The van der Waals surface area contributed by atoms with Crippen molar-refractivity contribution in [3.05, 3.63) is 41.6 Å². The second-order valence-electron chi connectivity index (χ2n) is 8.25. The molecule has 1 unspecified atom stereocenters. The molecule has 2 aromatic rings. The first kappa shape index (κ1) is 24.1. The Morgan fingerprint density at radius 2 is 1.83 bits per heavy atom. The fourth-order valence-electron chi connectivity index (χ4n) is 3.24. The van der Waals surface area contributed by atoms with Crippen molar-refractivity contribution in [2.24, 2.45) is 5.73 Å². The van der Waals surface area contributed by atoms with E-state index in [0.29, 0.717) is 18.8 Å². The van der Waals surface area contributed by atoms with Crippen LogP contribution in [0.3, 0.4) is 0 Å². The molecule has 1 aromatic heterocycles. The molecule has 0 saturated carbocycles. The van der Waals surface area contributed by atoms with Gasteiger partial charge in [0.2, 0.25) is 0 Å². The molecule has 0 aliphatic heterocycles. The molecule has 2 rings (SSSR count). The average molecular weight is 417 g/mol. The van der Waals surface area contributed by atoms with Crippen LogP contribution in [0.2, 0.25) is 0 Å². The number of ether oxygens (including phenoxy) is 2. The first-order chi connectivity index (χ1) is 14.2. The standard InChI is InChI=1S/C23H36N4O3/c1-7-26(8-2)13-14-27-20(21(29-6)22(28)30-23(3,4)5)15-19(25-27)18-11-9-17(16-24)10-12-18/h9-12,15,21H,7-8,13-14,16,24H2,1-6H3. The van der Waals surface area contributed by atoms with Crippen molar-refractivity contribution in [3.63, 3.8) is 0 Å². The van der Waals surface area contributed by atoms with Gasteiger partial charge in [0.05, 0.1) is 17.9 Å². The Morgan fingerprint density at radius 1 is 1.20 bits per heavy atom. The van der Waals surface area contributed by atoms with Crippen LogP contribution in [-0.4, -0.2) is 53.0 Å². The molecule has 1 aromatic carbocycles. The quantitative estimate of drug-likeness (QED) is 0.598. The third-order valence-electron chi connectivity index (χ3n) is 4.94.